The minimum atomic E-state index is -2.21. The van der Waals surface area contributed by atoms with Crippen molar-refractivity contribution >= 4 is 22.1 Å². The third-order valence-corrected chi connectivity index (χ3v) is 0.615. The fraction of sp³-hybridized carbons (Fsp3) is 0.500. The van der Waals surface area contributed by atoms with Gasteiger partial charge in [0.15, 0.2) is 0 Å². The monoisotopic (exact) mass is 163 g/mol. The first kappa shape index (κ1) is 17.2. The van der Waals surface area contributed by atoms with E-state index in [2.05, 4.69) is 0 Å². The van der Waals surface area contributed by atoms with Gasteiger partial charge < -0.3 is 24.9 Å². The van der Waals surface area contributed by atoms with Crippen LogP contribution < -0.4 is 44.9 Å². The van der Waals surface area contributed by atoms with E-state index in [9.17, 15) is 24.9 Å². The van der Waals surface area contributed by atoms with Crippen LogP contribution in [0.15, 0.2) is 0 Å². The molecule has 0 aliphatic heterocycles. The molecule has 1 unspecified atom stereocenters. The smallest absolute Gasteiger partial charge is 0.847 e. The second kappa shape index (κ2) is 8.17. The van der Waals surface area contributed by atoms with Gasteiger partial charge in [0.05, 0.1) is 0 Å². The van der Waals surface area contributed by atoms with Crippen molar-refractivity contribution in [2.24, 2.45) is 0 Å². The molecule has 0 aromatic rings. The van der Waals surface area contributed by atoms with Gasteiger partial charge in [0, 0.05) is 11.9 Å². The summed E-state index contributed by atoms with van der Waals surface area (Å²) < 4.78 is 0. The van der Waals surface area contributed by atoms with Crippen molar-refractivity contribution in [2.75, 3.05) is 0 Å². The Balaban J connectivity index is -0.000000320. The van der Waals surface area contributed by atoms with Crippen molar-refractivity contribution in [2.45, 2.75) is 12.5 Å². The van der Waals surface area contributed by atoms with Crippen LogP contribution in [-0.4, -0.2) is 28.2 Å². The molecule has 0 saturated carbocycles. The Morgan fingerprint density at radius 1 is 1.27 bits per heavy atom. The number of hydrogen-bond donors (Lipinski definition) is 0. The van der Waals surface area contributed by atoms with E-state index < -0.39 is 24.5 Å². The normalized spacial score (nSPS) is 10.3. The van der Waals surface area contributed by atoms with Crippen LogP contribution in [-0.2, 0) is 9.59 Å². The standard InChI is InChI=1S/C4H5O5.Be.Na/c5-2(4(8)9)1-3(6)7;;/h2H,1H2,(H,6,7)(H,8,9);;/q-1;+2;+1/p-2. The maximum absolute atomic E-state index is 9.95. The van der Waals surface area contributed by atoms with Crippen molar-refractivity contribution < 1.29 is 54.5 Å². The van der Waals surface area contributed by atoms with Crippen LogP contribution in [0.4, 0.5) is 0 Å². The van der Waals surface area contributed by atoms with Gasteiger partial charge in [-0.25, -0.2) is 0 Å². The Labute approximate surface area is 88.9 Å². The fourth-order valence-corrected chi connectivity index (χ4v) is 0.235. The van der Waals surface area contributed by atoms with Crippen molar-refractivity contribution in [3.8, 4) is 0 Å². The molecule has 5 nitrogen and oxygen atoms in total. The van der Waals surface area contributed by atoms with Gasteiger partial charge in [-0.15, -0.1) is 0 Å². The van der Waals surface area contributed by atoms with Crippen LogP contribution >= 0.6 is 0 Å². The summed E-state index contributed by atoms with van der Waals surface area (Å²) in [7, 11) is 0. The molecule has 52 valence electrons. The van der Waals surface area contributed by atoms with E-state index in [1.807, 2.05) is 0 Å². The molecule has 1 atom stereocenters. The molecule has 0 radical (unpaired) electrons. The molecule has 0 rings (SSSR count). The molecule has 0 bridgehead atoms. The second-order valence-corrected chi connectivity index (χ2v) is 1.38. The summed E-state index contributed by atoms with van der Waals surface area (Å²) in [5.41, 5.74) is 0. The molecule has 0 amide bonds. The molecule has 11 heavy (non-hydrogen) atoms. The molecule has 0 aliphatic rings. The van der Waals surface area contributed by atoms with E-state index in [0.29, 0.717) is 0 Å². The third kappa shape index (κ3) is 10.1. The quantitative estimate of drug-likeness (QED) is 0.384. The molecule has 0 aromatic carbocycles. The van der Waals surface area contributed by atoms with Gasteiger partial charge in [-0.2, -0.15) is 0 Å². The summed E-state index contributed by atoms with van der Waals surface area (Å²) in [6.45, 7) is 0. The number of carbonyl (C=O) groups excluding carboxylic acids is 2. The molecule has 0 spiro atoms. The predicted octanol–water partition coefficient (Wildman–Crippen LogP) is -7.77. The minimum Gasteiger partial charge on any atom is -0.847 e. The summed E-state index contributed by atoms with van der Waals surface area (Å²) in [5.74, 6) is -3.60. The topological polar surface area (TPSA) is 103 Å². The number of carbonyl (C=O) groups is 2. The Kier molecular flexibility index (Phi) is 12.8. The van der Waals surface area contributed by atoms with Gasteiger partial charge in [0.1, 0.15) is 0 Å². The van der Waals surface area contributed by atoms with Crippen molar-refractivity contribution in [1.29, 1.82) is 0 Å². The van der Waals surface area contributed by atoms with Crippen molar-refractivity contribution in [1.82, 2.24) is 0 Å². The number of hydrogen-bond acceptors (Lipinski definition) is 5. The Morgan fingerprint density at radius 2 is 1.64 bits per heavy atom. The van der Waals surface area contributed by atoms with Crippen molar-refractivity contribution in [3.05, 3.63) is 0 Å². The average Bonchev–Trinajstić information content (AvgIpc) is 1.63. The maximum Gasteiger partial charge on any atom is 2.00 e. The fourth-order valence-electron chi connectivity index (χ4n) is 0.235. The zero-order valence-corrected chi connectivity index (χ0v) is 8.03. The molecular formula is C4H3BeNaO5. The average molecular weight is 163 g/mol. The Bertz CT molecular complexity index is 138. The van der Waals surface area contributed by atoms with Crippen LogP contribution in [0.5, 0.6) is 0 Å². The molecular weight excluding hydrogens is 160 g/mol. The summed E-state index contributed by atoms with van der Waals surface area (Å²) in [6, 6.07) is 0. The van der Waals surface area contributed by atoms with Crippen LogP contribution in [0.2, 0.25) is 0 Å². The molecule has 0 N–H and O–H groups in total. The van der Waals surface area contributed by atoms with E-state index in [4.69, 9.17) is 0 Å². The molecule has 0 aliphatic carbocycles. The number of aliphatic carboxylic acids is 2. The van der Waals surface area contributed by atoms with Crippen molar-refractivity contribution in [3.63, 3.8) is 0 Å². The van der Waals surface area contributed by atoms with E-state index in [1.165, 1.54) is 0 Å². The molecule has 0 saturated heterocycles. The molecule has 0 fully saturated rings. The number of carboxylic acid groups (broad SMARTS) is 2. The Hall–Kier alpha value is 0.0688. The maximum atomic E-state index is 9.95. The molecule has 7 heteroatoms. The zero-order chi connectivity index (χ0) is 7.44. The van der Waals surface area contributed by atoms with E-state index in [-0.39, 0.29) is 39.7 Å². The first-order valence-corrected chi connectivity index (χ1v) is 2.10. The SMILES string of the molecule is O=C([O-])CC([O-])C(=O)[O-].[Be+2].[Na+]. The van der Waals surface area contributed by atoms with Crippen LogP contribution in [0.1, 0.15) is 6.42 Å². The largest absolute Gasteiger partial charge is 2.00 e. The third-order valence-electron chi connectivity index (χ3n) is 0.615. The zero-order valence-electron chi connectivity index (χ0n) is 6.03. The first-order valence-electron chi connectivity index (χ1n) is 2.10. The van der Waals surface area contributed by atoms with E-state index in [0.717, 1.165) is 0 Å². The molecule has 0 aromatic heterocycles. The first-order chi connectivity index (χ1) is 4.04. The minimum absolute atomic E-state index is 0. The van der Waals surface area contributed by atoms with Gasteiger partial charge in [0.25, 0.3) is 0 Å². The summed E-state index contributed by atoms with van der Waals surface area (Å²) in [4.78, 5) is 19.0. The van der Waals surface area contributed by atoms with Gasteiger partial charge in [-0.3, -0.25) is 0 Å². The van der Waals surface area contributed by atoms with E-state index >= 15 is 0 Å². The second-order valence-electron chi connectivity index (χ2n) is 1.38. The summed E-state index contributed by atoms with van der Waals surface area (Å²) in [6.07, 6.45) is -3.25. The van der Waals surface area contributed by atoms with Gasteiger partial charge in [-0.1, -0.05) is 6.10 Å². The predicted molar refractivity (Wildman–Crippen MR) is 24.2 cm³/mol. The summed E-state index contributed by atoms with van der Waals surface area (Å²) in [5, 5.41) is 29.0. The van der Waals surface area contributed by atoms with Crippen LogP contribution in [0.25, 0.3) is 0 Å². The number of rotatable bonds is 3. The van der Waals surface area contributed by atoms with Gasteiger partial charge in [-0.05, 0) is 6.42 Å². The summed E-state index contributed by atoms with van der Waals surface area (Å²) >= 11 is 0. The molecule has 0 heterocycles. The van der Waals surface area contributed by atoms with Gasteiger partial charge in [0.2, 0.25) is 0 Å². The van der Waals surface area contributed by atoms with Gasteiger partial charge >= 0.3 is 39.7 Å². The van der Waals surface area contributed by atoms with E-state index in [1.54, 1.807) is 0 Å². The van der Waals surface area contributed by atoms with Crippen LogP contribution in [0, 0.1) is 0 Å². The Morgan fingerprint density at radius 3 is 1.73 bits per heavy atom. The van der Waals surface area contributed by atoms with Crippen LogP contribution in [0.3, 0.4) is 0 Å². The number of carboxylic acids is 2.